The van der Waals surface area contributed by atoms with Gasteiger partial charge in [0.25, 0.3) is 0 Å². The van der Waals surface area contributed by atoms with Gasteiger partial charge < -0.3 is 0 Å². The first-order valence-electron chi connectivity index (χ1n) is 6.15. The molecule has 0 aromatic heterocycles. The topological polar surface area (TPSA) is 15.6 Å². The summed E-state index contributed by atoms with van der Waals surface area (Å²) < 4.78 is 0. The van der Waals surface area contributed by atoms with Gasteiger partial charge in [-0.1, -0.05) is 45.1 Å². The Morgan fingerprint density at radius 2 is 1.93 bits per heavy atom. The van der Waals surface area contributed by atoms with E-state index in [4.69, 9.17) is 0 Å². The van der Waals surface area contributed by atoms with Gasteiger partial charge in [0.05, 0.1) is 0 Å². The van der Waals surface area contributed by atoms with Gasteiger partial charge in [-0.2, -0.15) is 5.10 Å². The molecule has 0 rings (SSSR count). The van der Waals surface area contributed by atoms with E-state index >= 15 is 0 Å². The predicted molar refractivity (Wildman–Crippen MR) is 69.1 cm³/mol. The molecule has 0 radical (unpaired) electrons. The summed E-state index contributed by atoms with van der Waals surface area (Å²) in [6.07, 6.45) is 9.59. The highest BCUT2D eigenvalue weighted by molar-refractivity contribution is 5.23. The van der Waals surface area contributed by atoms with Crippen LogP contribution in [-0.4, -0.2) is 18.3 Å². The van der Waals surface area contributed by atoms with Gasteiger partial charge in [0.2, 0.25) is 0 Å². The van der Waals surface area contributed by atoms with Crippen LogP contribution in [0.4, 0.5) is 0 Å². The molecular weight excluding hydrogens is 184 g/mol. The second-order valence-corrected chi connectivity index (χ2v) is 4.09. The van der Waals surface area contributed by atoms with Gasteiger partial charge in [-0.05, 0) is 19.8 Å². The summed E-state index contributed by atoms with van der Waals surface area (Å²) in [5.41, 5.74) is 1.39. The third-order valence-corrected chi connectivity index (χ3v) is 2.44. The average Bonchev–Trinajstić information content (AvgIpc) is 2.23. The molecule has 0 saturated carbocycles. The molecule has 15 heavy (non-hydrogen) atoms. The zero-order valence-corrected chi connectivity index (χ0v) is 10.6. The Morgan fingerprint density at radius 1 is 1.20 bits per heavy atom. The molecule has 0 spiro atoms. The summed E-state index contributed by atoms with van der Waals surface area (Å²) in [6.45, 7) is 11.2. The van der Waals surface area contributed by atoms with Crippen LogP contribution in [0.2, 0.25) is 0 Å². The minimum Gasteiger partial charge on any atom is -0.273 e. The fraction of sp³-hybridized carbons (Fsp3) is 0.769. The van der Waals surface area contributed by atoms with Crippen molar-refractivity contribution in [3.8, 4) is 0 Å². The molecule has 0 aromatic carbocycles. The number of nitrogens with zero attached hydrogens (tertiary/aromatic N) is 2. The van der Waals surface area contributed by atoms with Crippen LogP contribution in [-0.2, 0) is 0 Å². The summed E-state index contributed by atoms with van der Waals surface area (Å²) >= 11 is 0. The lowest BCUT2D eigenvalue weighted by Gasteiger charge is -2.14. The van der Waals surface area contributed by atoms with Crippen molar-refractivity contribution in [1.82, 2.24) is 5.01 Å². The fourth-order valence-electron chi connectivity index (χ4n) is 1.59. The van der Waals surface area contributed by atoms with Crippen LogP contribution in [0, 0.1) is 0 Å². The standard InChI is InChI=1S/C13H26N2/c1-5-7-8-9-11-15(14-4)12-13(3)10-6-2/h12H,4-11H2,1-3H3/b13-12+. The van der Waals surface area contributed by atoms with Crippen molar-refractivity contribution < 1.29 is 0 Å². The van der Waals surface area contributed by atoms with Crippen LogP contribution in [0.15, 0.2) is 16.9 Å². The van der Waals surface area contributed by atoms with Crippen LogP contribution in [0.5, 0.6) is 0 Å². The van der Waals surface area contributed by atoms with E-state index in [0.717, 1.165) is 13.0 Å². The van der Waals surface area contributed by atoms with E-state index in [1.54, 1.807) is 0 Å². The highest BCUT2D eigenvalue weighted by Gasteiger charge is 1.97. The molecular formula is C13H26N2. The molecule has 0 heterocycles. The van der Waals surface area contributed by atoms with Gasteiger partial charge in [-0.15, -0.1) is 0 Å². The predicted octanol–water partition coefficient (Wildman–Crippen LogP) is 4.19. The maximum atomic E-state index is 4.01. The first-order valence-corrected chi connectivity index (χ1v) is 6.15. The Bertz CT molecular complexity index is 185. The molecule has 0 aliphatic carbocycles. The highest BCUT2D eigenvalue weighted by Crippen LogP contribution is 2.07. The van der Waals surface area contributed by atoms with Crippen molar-refractivity contribution in [3.63, 3.8) is 0 Å². The number of hydrogen-bond acceptors (Lipinski definition) is 2. The molecule has 0 aliphatic heterocycles. The van der Waals surface area contributed by atoms with E-state index in [-0.39, 0.29) is 0 Å². The molecule has 0 amide bonds. The number of hydrazone groups is 1. The third kappa shape index (κ3) is 8.22. The van der Waals surface area contributed by atoms with E-state index in [1.165, 1.54) is 37.7 Å². The largest absolute Gasteiger partial charge is 0.273 e. The molecule has 0 fully saturated rings. The lowest BCUT2D eigenvalue weighted by molar-refractivity contribution is 0.381. The molecule has 2 heteroatoms. The van der Waals surface area contributed by atoms with Crippen molar-refractivity contribution in [2.24, 2.45) is 5.10 Å². The minimum atomic E-state index is 1.00. The summed E-state index contributed by atoms with van der Waals surface area (Å²) in [4.78, 5) is 0. The normalized spacial score (nSPS) is 11.5. The monoisotopic (exact) mass is 210 g/mol. The van der Waals surface area contributed by atoms with E-state index < -0.39 is 0 Å². The second kappa shape index (κ2) is 9.75. The quantitative estimate of drug-likeness (QED) is 0.316. The number of unbranched alkanes of at least 4 members (excludes halogenated alkanes) is 3. The van der Waals surface area contributed by atoms with E-state index in [1.807, 2.05) is 5.01 Å². The van der Waals surface area contributed by atoms with E-state index in [9.17, 15) is 0 Å². The number of allylic oxidation sites excluding steroid dienone is 1. The Kier molecular flexibility index (Phi) is 9.24. The van der Waals surface area contributed by atoms with Crippen LogP contribution in [0.25, 0.3) is 0 Å². The van der Waals surface area contributed by atoms with Gasteiger partial charge in [0.15, 0.2) is 0 Å². The Labute approximate surface area is 95.1 Å². The van der Waals surface area contributed by atoms with Crippen LogP contribution >= 0.6 is 0 Å². The van der Waals surface area contributed by atoms with Crippen LogP contribution in [0.3, 0.4) is 0 Å². The maximum absolute atomic E-state index is 4.01. The van der Waals surface area contributed by atoms with E-state index in [2.05, 4.69) is 38.8 Å². The first kappa shape index (κ1) is 14.2. The molecule has 0 saturated heterocycles. The Morgan fingerprint density at radius 3 is 2.47 bits per heavy atom. The fourth-order valence-corrected chi connectivity index (χ4v) is 1.59. The van der Waals surface area contributed by atoms with Crippen molar-refractivity contribution in [2.75, 3.05) is 6.54 Å². The zero-order valence-electron chi connectivity index (χ0n) is 10.6. The summed E-state index contributed by atoms with van der Waals surface area (Å²) in [6, 6.07) is 0. The highest BCUT2D eigenvalue weighted by atomic mass is 15.4. The van der Waals surface area contributed by atoms with Gasteiger partial charge in [0, 0.05) is 19.5 Å². The molecule has 0 unspecified atom stereocenters. The molecule has 0 aliphatic rings. The van der Waals surface area contributed by atoms with Gasteiger partial charge in [-0.3, -0.25) is 5.01 Å². The SMILES string of the molecule is C=NN(/C=C(\C)CCC)CCCCCC. The molecule has 0 aromatic rings. The second-order valence-electron chi connectivity index (χ2n) is 4.09. The number of rotatable bonds is 9. The molecule has 88 valence electrons. The summed E-state index contributed by atoms with van der Waals surface area (Å²) in [5, 5.41) is 5.99. The van der Waals surface area contributed by atoms with Crippen molar-refractivity contribution >= 4 is 6.72 Å². The van der Waals surface area contributed by atoms with Gasteiger partial charge in [0.1, 0.15) is 0 Å². The molecule has 0 bridgehead atoms. The van der Waals surface area contributed by atoms with Gasteiger partial charge in [-0.25, -0.2) is 0 Å². The summed E-state index contributed by atoms with van der Waals surface area (Å²) in [5.74, 6) is 0. The maximum Gasteiger partial charge on any atom is 0.0408 e. The Hall–Kier alpha value is -0.790. The number of hydrogen-bond donors (Lipinski definition) is 0. The molecule has 2 nitrogen and oxygen atoms in total. The van der Waals surface area contributed by atoms with Crippen LogP contribution in [0.1, 0.15) is 59.3 Å². The van der Waals surface area contributed by atoms with Crippen molar-refractivity contribution in [3.05, 3.63) is 11.8 Å². The van der Waals surface area contributed by atoms with Crippen LogP contribution < -0.4 is 0 Å². The Balaban J connectivity index is 3.81. The van der Waals surface area contributed by atoms with Crippen molar-refractivity contribution in [2.45, 2.75) is 59.3 Å². The zero-order chi connectivity index (χ0) is 11.5. The lowest BCUT2D eigenvalue weighted by Crippen LogP contribution is -2.11. The smallest absolute Gasteiger partial charge is 0.0408 e. The van der Waals surface area contributed by atoms with Crippen molar-refractivity contribution in [1.29, 1.82) is 0 Å². The summed E-state index contributed by atoms with van der Waals surface area (Å²) in [7, 11) is 0. The molecule has 0 atom stereocenters. The minimum absolute atomic E-state index is 1.00. The third-order valence-electron chi connectivity index (χ3n) is 2.44. The average molecular weight is 210 g/mol. The lowest BCUT2D eigenvalue weighted by atomic mass is 10.2. The van der Waals surface area contributed by atoms with Gasteiger partial charge >= 0.3 is 0 Å². The van der Waals surface area contributed by atoms with E-state index in [0.29, 0.717) is 0 Å². The first-order chi connectivity index (χ1) is 7.24. The molecule has 0 N–H and O–H groups in total.